The Morgan fingerprint density at radius 3 is 2.08 bits per heavy atom. The average Bonchev–Trinajstić information content (AvgIpc) is 2.04. The maximum atomic E-state index is 9.59. The number of likely N-dealkylation sites (N-methyl/N-ethyl adjacent to an activating group) is 1. The van der Waals surface area contributed by atoms with Gasteiger partial charge in [0, 0.05) is 0 Å². The molecule has 0 aromatic heterocycles. The van der Waals surface area contributed by atoms with Crippen molar-refractivity contribution in [1.82, 2.24) is 4.90 Å². The summed E-state index contributed by atoms with van der Waals surface area (Å²) < 4.78 is 0. The molecule has 72 valence electrons. The van der Waals surface area contributed by atoms with E-state index in [2.05, 4.69) is 0 Å². The van der Waals surface area contributed by atoms with Gasteiger partial charge in [0.15, 0.2) is 0 Å². The van der Waals surface area contributed by atoms with Crippen LogP contribution < -0.4 is 0 Å². The van der Waals surface area contributed by atoms with Crippen molar-refractivity contribution in [3.63, 3.8) is 0 Å². The zero-order valence-corrected chi connectivity index (χ0v) is 8.44. The minimum absolute atomic E-state index is 0.0844. The number of aliphatic hydroxyl groups excluding tert-OH is 1. The minimum Gasteiger partial charge on any atom is -0.391 e. The quantitative estimate of drug-likeness (QED) is 0.763. The molecule has 1 rings (SSSR count). The highest BCUT2D eigenvalue weighted by Gasteiger charge is 2.18. The fraction of sp³-hybridized carbons (Fsp3) is 0.455. The summed E-state index contributed by atoms with van der Waals surface area (Å²) in [5.74, 6) is 0. The smallest absolute Gasteiger partial charge is 0.0708 e. The fourth-order valence-corrected chi connectivity index (χ4v) is 1.66. The molecule has 2 atom stereocenters. The molecule has 0 unspecified atom stereocenters. The number of nitrogens with zero attached hydrogens (tertiary/aromatic N) is 1. The lowest BCUT2D eigenvalue weighted by Crippen LogP contribution is -2.29. The number of hydrogen-bond acceptors (Lipinski definition) is 2. The van der Waals surface area contributed by atoms with Gasteiger partial charge in [0.25, 0.3) is 0 Å². The SMILES string of the molecule is C[C@H](O)[C@H](c1ccccc1)N(C)C. The maximum Gasteiger partial charge on any atom is 0.0708 e. The van der Waals surface area contributed by atoms with Crippen LogP contribution in [0.1, 0.15) is 18.5 Å². The van der Waals surface area contributed by atoms with Crippen LogP contribution in [-0.2, 0) is 0 Å². The van der Waals surface area contributed by atoms with E-state index < -0.39 is 0 Å². The lowest BCUT2D eigenvalue weighted by atomic mass is 10.0. The Bertz CT molecular complexity index is 236. The first-order valence-corrected chi connectivity index (χ1v) is 4.52. The Morgan fingerprint density at radius 2 is 1.69 bits per heavy atom. The summed E-state index contributed by atoms with van der Waals surface area (Å²) in [7, 11) is 3.95. The molecular weight excluding hydrogens is 162 g/mol. The number of hydrogen-bond donors (Lipinski definition) is 1. The van der Waals surface area contributed by atoms with Gasteiger partial charge in [0.1, 0.15) is 0 Å². The normalized spacial score (nSPS) is 15.8. The maximum absolute atomic E-state index is 9.59. The van der Waals surface area contributed by atoms with E-state index in [0.29, 0.717) is 0 Å². The highest BCUT2D eigenvalue weighted by molar-refractivity contribution is 5.19. The van der Waals surface area contributed by atoms with E-state index in [1.165, 1.54) is 0 Å². The standard InChI is InChI=1S/C11H17NO/c1-9(13)11(12(2)3)10-7-5-4-6-8-10/h4-9,11,13H,1-3H3/t9-,11+/m0/s1. The number of aliphatic hydroxyl groups is 1. The summed E-state index contributed by atoms with van der Waals surface area (Å²) in [5, 5.41) is 9.59. The van der Waals surface area contributed by atoms with Crippen molar-refractivity contribution in [3.8, 4) is 0 Å². The van der Waals surface area contributed by atoms with Crippen LogP contribution in [0, 0.1) is 0 Å². The van der Waals surface area contributed by atoms with E-state index in [1.807, 2.05) is 56.3 Å². The molecule has 0 aliphatic carbocycles. The van der Waals surface area contributed by atoms with Crippen molar-refractivity contribution in [2.75, 3.05) is 14.1 Å². The van der Waals surface area contributed by atoms with Crippen molar-refractivity contribution in [2.45, 2.75) is 19.1 Å². The molecule has 1 aromatic rings. The Kier molecular flexibility index (Phi) is 3.46. The summed E-state index contributed by atoms with van der Waals surface area (Å²) in [6.07, 6.45) is -0.350. The van der Waals surface area contributed by atoms with Gasteiger partial charge in [-0.3, -0.25) is 0 Å². The van der Waals surface area contributed by atoms with Crippen molar-refractivity contribution >= 4 is 0 Å². The van der Waals surface area contributed by atoms with Crippen molar-refractivity contribution in [1.29, 1.82) is 0 Å². The molecule has 0 spiro atoms. The molecule has 0 heterocycles. The van der Waals surface area contributed by atoms with Crippen LogP contribution in [0.2, 0.25) is 0 Å². The Morgan fingerprint density at radius 1 is 1.15 bits per heavy atom. The molecule has 1 aromatic carbocycles. The zero-order valence-electron chi connectivity index (χ0n) is 8.44. The van der Waals surface area contributed by atoms with E-state index >= 15 is 0 Å². The lowest BCUT2D eigenvalue weighted by Gasteiger charge is -2.27. The van der Waals surface area contributed by atoms with Crippen LogP contribution in [0.25, 0.3) is 0 Å². The summed E-state index contributed by atoms with van der Waals surface area (Å²) in [4.78, 5) is 2.03. The van der Waals surface area contributed by atoms with Crippen LogP contribution in [0.5, 0.6) is 0 Å². The van der Waals surface area contributed by atoms with Gasteiger partial charge < -0.3 is 10.0 Å². The van der Waals surface area contributed by atoms with Crippen LogP contribution in [0.4, 0.5) is 0 Å². The number of benzene rings is 1. The fourth-order valence-electron chi connectivity index (χ4n) is 1.66. The molecule has 2 nitrogen and oxygen atoms in total. The predicted molar refractivity (Wildman–Crippen MR) is 54.6 cm³/mol. The first-order chi connectivity index (χ1) is 6.13. The second kappa shape index (κ2) is 4.40. The van der Waals surface area contributed by atoms with Gasteiger partial charge in [-0.2, -0.15) is 0 Å². The predicted octanol–water partition coefficient (Wildman–Crippen LogP) is 1.67. The van der Waals surface area contributed by atoms with Gasteiger partial charge in [-0.15, -0.1) is 0 Å². The molecule has 0 aliphatic rings. The monoisotopic (exact) mass is 179 g/mol. The molecular formula is C11H17NO. The summed E-state index contributed by atoms with van der Waals surface area (Å²) in [6, 6.07) is 10.1. The van der Waals surface area contributed by atoms with Crippen molar-refractivity contribution in [3.05, 3.63) is 35.9 Å². The van der Waals surface area contributed by atoms with Gasteiger partial charge in [-0.1, -0.05) is 30.3 Å². The van der Waals surface area contributed by atoms with E-state index in [0.717, 1.165) is 5.56 Å². The molecule has 0 saturated heterocycles. The Balaban J connectivity index is 2.89. The topological polar surface area (TPSA) is 23.5 Å². The second-order valence-corrected chi connectivity index (χ2v) is 3.56. The summed E-state index contributed by atoms with van der Waals surface area (Å²) in [5.41, 5.74) is 1.16. The number of rotatable bonds is 3. The van der Waals surface area contributed by atoms with Gasteiger partial charge in [-0.05, 0) is 26.6 Å². The molecule has 1 N–H and O–H groups in total. The van der Waals surface area contributed by atoms with Crippen LogP contribution >= 0.6 is 0 Å². The van der Waals surface area contributed by atoms with Crippen LogP contribution in [-0.4, -0.2) is 30.2 Å². The first kappa shape index (κ1) is 10.2. The molecule has 0 radical (unpaired) electrons. The molecule has 2 heteroatoms. The van der Waals surface area contributed by atoms with Crippen LogP contribution in [0.15, 0.2) is 30.3 Å². The second-order valence-electron chi connectivity index (χ2n) is 3.56. The Hall–Kier alpha value is -0.860. The van der Waals surface area contributed by atoms with Crippen molar-refractivity contribution < 1.29 is 5.11 Å². The highest BCUT2D eigenvalue weighted by atomic mass is 16.3. The Labute approximate surface area is 79.8 Å². The third-order valence-corrected chi connectivity index (χ3v) is 2.15. The molecule has 0 fully saturated rings. The van der Waals surface area contributed by atoms with Gasteiger partial charge in [0.2, 0.25) is 0 Å². The van der Waals surface area contributed by atoms with Gasteiger partial charge in [-0.25, -0.2) is 0 Å². The lowest BCUT2D eigenvalue weighted by molar-refractivity contribution is 0.0906. The molecule has 0 saturated carbocycles. The zero-order chi connectivity index (χ0) is 9.84. The third-order valence-electron chi connectivity index (χ3n) is 2.15. The molecule has 0 aliphatic heterocycles. The van der Waals surface area contributed by atoms with E-state index in [-0.39, 0.29) is 12.1 Å². The largest absolute Gasteiger partial charge is 0.391 e. The third kappa shape index (κ3) is 2.54. The highest BCUT2D eigenvalue weighted by Crippen LogP contribution is 2.21. The van der Waals surface area contributed by atoms with E-state index in [1.54, 1.807) is 0 Å². The molecule has 13 heavy (non-hydrogen) atoms. The van der Waals surface area contributed by atoms with E-state index in [9.17, 15) is 5.11 Å². The van der Waals surface area contributed by atoms with E-state index in [4.69, 9.17) is 0 Å². The van der Waals surface area contributed by atoms with Gasteiger partial charge in [0.05, 0.1) is 12.1 Å². The summed E-state index contributed by atoms with van der Waals surface area (Å²) >= 11 is 0. The average molecular weight is 179 g/mol. The van der Waals surface area contributed by atoms with Crippen molar-refractivity contribution in [2.24, 2.45) is 0 Å². The molecule has 0 bridgehead atoms. The first-order valence-electron chi connectivity index (χ1n) is 4.52. The minimum atomic E-state index is -0.350. The summed E-state index contributed by atoms with van der Waals surface area (Å²) in [6.45, 7) is 1.82. The van der Waals surface area contributed by atoms with Crippen LogP contribution in [0.3, 0.4) is 0 Å². The molecule has 0 amide bonds. The van der Waals surface area contributed by atoms with Gasteiger partial charge >= 0.3 is 0 Å².